The van der Waals surface area contributed by atoms with Gasteiger partial charge in [0.25, 0.3) is 0 Å². The maximum Gasteiger partial charge on any atom is 0.327 e. The first-order valence-electron chi connectivity index (χ1n) is 13.2. The number of fused-ring (bicyclic) bond motifs is 1. The van der Waals surface area contributed by atoms with Crippen molar-refractivity contribution in [1.29, 1.82) is 0 Å². The predicted octanol–water partition coefficient (Wildman–Crippen LogP) is 4.29. The number of nitrogens with one attached hydrogen (secondary N) is 2. The van der Waals surface area contributed by atoms with Crippen molar-refractivity contribution in [3.8, 4) is 0 Å². The van der Waals surface area contributed by atoms with Crippen LogP contribution in [0.25, 0.3) is 11.2 Å². The monoisotopic (exact) mass is 505 g/mol. The highest BCUT2D eigenvalue weighted by Crippen LogP contribution is 2.30. The van der Waals surface area contributed by atoms with Crippen LogP contribution in [0.4, 0.5) is 5.95 Å². The molecular weight excluding hydrogens is 466 g/mol. The lowest BCUT2D eigenvalue weighted by atomic mass is 9.93. The summed E-state index contributed by atoms with van der Waals surface area (Å²) in [5.41, 5.74) is 3.48. The highest BCUT2D eigenvalue weighted by Gasteiger charge is 2.27. The number of anilines is 1. The van der Waals surface area contributed by atoms with Gasteiger partial charge in [0, 0.05) is 38.3 Å². The minimum absolute atomic E-state index is 0.00166. The molecule has 0 unspecified atom stereocenters. The van der Waals surface area contributed by atoms with Crippen LogP contribution in [-0.2, 0) is 4.79 Å². The second-order valence-electron chi connectivity index (χ2n) is 10.6. The van der Waals surface area contributed by atoms with Gasteiger partial charge >= 0.3 is 5.69 Å². The fourth-order valence-electron chi connectivity index (χ4n) is 5.07. The first-order chi connectivity index (χ1) is 17.7. The number of hydrogen-bond acceptors (Lipinski definition) is 6. The summed E-state index contributed by atoms with van der Waals surface area (Å²) in [5, 5.41) is 3.38. The fraction of sp³-hybridized carbons (Fsp3) is 0.500. The molecule has 0 radical (unpaired) electrons. The smallest absolute Gasteiger partial charge is 0.327 e. The third-order valence-corrected chi connectivity index (χ3v) is 7.08. The largest absolute Gasteiger partial charge is 0.348 e. The Morgan fingerprint density at radius 1 is 1.08 bits per heavy atom. The van der Waals surface area contributed by atoms with Crippen molar-refractivity contribution in [1.82, 2.24) is 29.3 Å². The highest BCUT2D eigenvalue weighted by molar-refractivity contribution is 5.87. The Kier molecular flexibility index (Phi) is 8.12. The molecule has 3 aromatic rings. The lowest BCUT2D eigenvalue weighted by molar-refractivity contribution is -0.128. The van der Waals surface area contributed by atoms with Gasteiger partial charge in [-0.15, -0.1) is 0 Å². The fourth-order valence-corrected chi connectivity index (χ4v) is 5.07. The number of piperazine rings is 1. The van der Waals surface area contributed by atoms with E-state index in [1.807, 2.05) is 18.7 Å². The van der Waals surface area contributed by atoms with Crippen LogP contribution >= 0.6 is 0 Å². The van der Waals surface area contributed by atoms with Gasteiger partial charge in [0.15, 0.2) is 5.65 Å². The van der Waals surface area contributed by atoms with Gasteiger partial charge in [-0.25, -0.2) is 9.78 Å². The maximum atomic E-state index is 12.3. The van der Waals surface area contributed by atoms with Gasteiger partial charge in [-0.3, -0.25) is 14.3 Å². The third kappa shape index (κ3) is 5.93. The number of imidazole rings is 1. The normalized spacial score (nSPS) is 16.4. The van der Waals surface area contributed by atoms with Crippen LogP contribution in [0.15, 0.2) is 47.9 Å². The van der Waals surface area contributed by atoms with E-state index >= 15 is 0 Å². The minimum atomic E-state index is -0.176. The Bertz CT molecular complexity index is 1280. The molecule has 0 bridgehead atoms. The molecule has 1 aliphatic heterocycles. The van der Waals surface area contributed by atoms with Gasteiger partial charge in [-0.2, -0.15) is 4.98 Å². The summed E-state index contributed by atoms with van der Waals surface area (Å²) in [6.07, 6.45) is 4.12. The number of hydrogen-bond donors (Lipinski definition) is 2. The average molecular weight is 506 g/mol. The molecule has 4 rings (SSSR count). The molecule has 1 amide bonds. The van der Waals surface area contributed by atoms with Gasteiger partial charge in [-0.05, 0) is 50.3 Å². The molecule has 9 nitrogen and oxygen atoms in total. The molecule has 2 atom stereocenters. The number of benzene rings is 1. The molecule has 1 aliphatic rings. The third-order valence-electron chi connectivity index (χ3n) is 7.08. The summed E-state index contributed by atoms with van der Waals surface area (Å²) in [6.45, 7) is 17.3. The van der Waals surface area contributed by atoms with E-state index in [0.29, 0.717) is 29.1 Å². The first-order valence-corrected chi connectivity index (χ1v) is 13.2. The van der Waals surface area contributed by atoms with Crippen molar-refractivity contribution < 1.29 is 4.79 Å². The van der Waals surface area contributed by atoms with E-state index in [-0.39, 0.29) is 23.7 Å². The number of aromatic nitrogens is 4. The lowest BCUT2D eigenvalue weighted by Gasteiger charge is -2.40. The van der Waals surface area contributed by atoms with E-state index in [1.54, 1.807) is 10.8 Å². The molecule has 3 heterocycles. The maximum absolute atomic E-state index is 12.3. The Balaban J connectivity index is 1.48. The SMILES string of the molecule is C=CC(=O)N1CCN([C@H](CC(C)C)c2ccc([C@H](C)Nc3ncc4[nH]c(=O)n(C(C)C)c4n3)cc2)CC1. The van der Waals surface area contributed by atoms with Gasteiger partial charge < -0.3 is 15.2 Å². The number of amides is 1. The van der Waals surface area contributed by atoms with Crippen molar-refractivity contribution in [2.45, 2.75) is 59.2 Å². The van der Waals surface area contributed by atoms with Crippen molar-refractivity contribution in [2.75, 3.05) is 31.5 Å². The molecule has 9 heteroatoms. The molecular formula is C28H39N7O2. The summed E-state index contributed by atoms with van der Waals surface area (Å²) < 4.78 is 1.64. The van der Waals surface area contributed by atoms with Crippen LogP contribution in [0.2, 0.25) is 0 Å². The molecule has 1 aromatic carbocycles. The Morgan fingerprint density at radius 3 is 2.32 bits per heavy atom. The number of aromatic amines is 1. The standard InChI is InChI=1S/C28H39N7O2/c1-7-25(36)34-14-12-33(13-15-34)24(16-18(2)3)22-10-8-21(9-11-22)20(6)30-27-29-17-23-26(32-27)35(19(4)5)28(37)31-23/h7-11,17-20,24H,1,12-16H2,2-6H3,(H,31,37)(H,29,30,32)/t20-,24+/m0/s1. The minimum Gasteiger partial charge on any atom is -0.348 e. The van der Waals surface area contributed by atoms with Crippen molar-refractivity contribution >= 4 is 23.0 Å². The number of H-pyrrole nitrogens is 1. The zero-order chi connectivity index (χ0) is 26.7. The van der Waals surface area contributed by atoms with Crippen LogP contribution in [0.1, 0.15) is 70.3 Å². The molecule has 1 saturated heterocycles. The van der Waals surface area contributed by atoms with Gasteiger partial charge in [0.05, 0.1) is 12.2 Å². The second-order valence-corrected chi connectivity index (χ2v) is 10.6. The average Bonchev–Trinajstić information content (AvgIpc) is 3.22. The number of rotatable bonds is 9. The van der Waals surface area contributed by atoms with E-state index in [4.69, 9.17) is 0 Å². The molecule has 2 aromatic heterocycles. The lowest BCUT2D eigenvalue weighted by Crippen LogP contribution is -2.49. The zero-order valence-electron chi connectivity index (χ0n) is 22.6. The summed E-state index contributed by atoms with van der Waals surface area (Å²) >= 11 is 0. The van der Waals surface area contributed by atoms with E-state index in [1.165, 1.54) is 11.6 Å². The molecule has 0 saturated carbocycles. The Labute approximate surface area is 218 Å². The van der Waals surface area contributed by atoms with Crippen molar-refractivity contribution in [3.05, 3.63) is 64.7 Å². The summed E-state index contributed by atoms with van der Waals surface area (Å²) in [6, 6.07) is 9.06. The van der Waals surface area contributed by atoms with Gasteiger partial charge in [-0.1, -0.05) is 44.7 Å². The van der Waals surface area contributed by atoms with Crippen LogP contribution in [0.5, 0.6) is 0 Å². The Hall–Kier alpha value is -3.46. The quantitative estimate of drug-likeness (QED) is 0.421. The summed E-state index contributed by atoms with van der Waals surface area (Å²) in [7, 11) is 0. The molecule has 0 spiro atoms. The van der Waals surface area contributed by atoms with Crippen LogP contribution < -0.4 is 11.0 Å². The predicted molar refractivity (Wildman–Crippen MR) is 148 cm³/mol. The van der Waals surface area contributed by atoms with Crippen LogP contribution in [-0.4, -0.2) is 61.4 Å². The van der Waals surface area contributed by atoms with Crippen molar-refractivity contribution in [2.24, 2.45) is 5.92 Å². The molecule has 1 fully saturated rings. The number of carbonyl (C=O) groups excluding carboxylic acids is 1. The van der Waals surface area contributed by atoms with Gasteiger partial charge in [0.2, 0.25) is 11.9 Å². The first kappa shape index (κ1) is 26.6. The molecule has 198 valence electrons. The highest BCUT2D eigenvalue weighted by atomic mass is 16.2. The summed E-state index contributed by atoms with van der Waals surface area (Å²) in [4.78, 5) is 40.5. The van der Waals surface area contributed by atoms with E-state index < -0.39 is 0 Å². The Morgan fingerprint density at radius 2 is 1.73 bits per heavy atom. The van der Waals surface area contributed by atoms with Crippen LogP contribution in [0.3, 0.4) is 0 Å². The number of nitrogens with zero attached hydrogens (tertiary/aromatic N) is 5. The van der Waals surface area contributed by atoms with E-state index in [0.717, 1.165) is 38.2 Å². The molecule has 0 aliphatic carbocycles. The zero-order valence-corrected chi connectivity index (χ0v) is 22.6. The van der Waals surface area contributed by atoms with Crippen molar-refractivity contribution in [3.63, 3.8) is 0 Å². The molecule has 37 heavy (non-hydrogen) atoms. The van der Waals surface area contributed by atoms with E-state index in [9.17, 15) is 9.59 Å². The molecule has 2 N–H and O–H groups in total. The van der Waals surface area contributed by atoms with Gasteiger partial charge in [0.1, 0.15) is 5.52 Å². The second kappa shape index (κ2) is 11.3. The topological polar surface area (TPSA) is 99.2 Å². The summed E-state index contributed by atoms with van der Waals surface area (Å²) in [5.74, 6) is 1.06. The van der Waals surface area contributed by atoms with E-state index in [2.05, 4.69) is 76.8 Å². The number of carbonyl (C=O) groups is 1. The van der Waals surface area contributed by atoms with Crippen LogP contribution in [0, 0.1) is 5.92 Å².